The number of aromatic nitrogens is 3. The lowest BCUT2D eigenvalue weighted by Gasteiger charge is -2.05. The molecule has 2 N–H and O–H groups in total. The highest BCUT2D eigenvalue weighted by atomic mass is 79.9. The molecule has 0 saturated carbocycles. The van der Waals surface area contributed by atoms with Crippen LogP contribution in [-0.4, -0.2) is 29.3 Å². The van der Waals surface area contributed by atoms with E-state index in [1.54, 1.807) is 12.4 Å². The first-order valence-electron chi connectivity index (χ1n) is 4.65. The summed E-state index contributed by atoms with van der Waals surface area (Å²) in [6.45, 7) is 0. The number of nitrogens with two attached hydrogens (primary N) is 1. The Morgan fingerprint density at radius 2 is 2.12 bits per heavy atom. The van der Waals surface area contributed by atoms with E-state index >= 15 is 0 Å². The van der Waals surface area contributed by atoms with E-state index < -0.39 is 0 Å². The molecule has 0 aliphatic carbocycles. The molecule has 90 valence electrons. The number of hydrogen-bond acceptors (Lipinski definition) is 7. The molecule has 5 nitrogen and oxygen atoms in total. The average molecular weight is 332 g/mol. The minimum atomic E-state index is 0.631. The number of rotatable bonds is 3. The highest BCUT2D eigenvalue weighted by molar-refractivity contribution is 9.10. The summed E-state index contributed by atoms with van der Waals surface area (Å²) in [6, 6.07) is 0. The van der Waals surface area contributed by atoms with Gasteiger partial charge in [0.1, 0.15) is 0 Å². The highest BCUT2D eigenvalue weighted by Crippen LogP contribution is 2.39. The summed E-state index contributed by atoms with van der Waals surface area (Å²) in [5.74, 6) is 0. The number of hydrogen-bond donors (Lipinski definition) is 1. The van der Waals surface area contributed by atoms with Crippen LogP contribution in [0.3, 0.4) is 0 Å². The molecule has 2 aromatic rings. The molecule has 0 spiro atoms. The van der Waals surface area contributed by atoms with E-state index in [1.807, 2.05) is 19.0 Å². The van der Waals surface area contributed by atoms with Crippen LogP contribution in [0, 0.1) is 0 Å². The van der Waals surface area contributed by atoms with Gasteiger partial charge in [0.05, 0.1) is 21.3 Å². The van der Waals surface area contributed by atoms with Crippen molar-refractivity contribution in [1.82, 2.24) is 15.2 Å². The van der Waals surface area contributed by atoms with Crippen molar-refractivity contribution >= 4 is 49.8 Å². The van der Waals surface area contributed by atoms with Gasteiger partial charge in [0.15, 0.2) is 4.34 Å². The van der Waals surface area contributed by atoms with E-state index in [1.165, 1.54) is 23.1 Å². The predicted octanol–water partition coefficient (Wildman–Crippen LogP) is 2.50. The molecule has 0 fully saturated rings. The number of pyridine rings is 1. The summed E-state index contributed by atoms with van der Waals surface area (Å²) in [7, 11) is 3.87. The summed E-state index contributed by atoms with van der Waals surface area (Å²) in [6.07, 6.45) is 3.34. The fraction of sp³-hybridized carbons (Fsp3) is 0.222. The quantitative estimate of drug-likeness (QED) is 0.931. The van der Waals surface area contributed by atoms with Crippen molar-refractivity contribution in [2.45, 2.75) is 9.24 Å². The summed E-state index contributed by atoms with van der Waals surface area (Å²) in [4.78, 5) is 6.83. The van der Waals surface area contributed by atoms with Gasteiger partial charge in [0.2, 0.25) is 5.13 Å². The molecular weight excluding hydrogens is 322 g/mol. The Bertz CT molecular complexity index is 508. The minimum absolute atomic E-state index is 0.631. The molecule has 2 heterocycles. The van der Waals surface area contributed by atoms with E-state index in [4.69, 9.17) is 5.73 Å². The van der Waals surface area contributed by atoms with Gasteiger partial charge in [-0.3, -0.25) is 4.98 Å². The number of anilines is 2. The Hall–Kier alpha value is -0.860. The third kappa shape index (κ3) is 2.88. The lowest BCUT2D eigenvalue weighted by atomic mass is 10.4. The lowest BCUT2D eigenvalue weighted by Crippen LogP contribution is -2.07. The molecule has 0 atom stereocenters. The van der Waals surface area contributed by atoms with E-state index in [9.17, 15) is 0 Å². The fourth-order valence-corrected chi connectivity index (χ4v) is 3.37. The van der Waals surface area contributed by atoms with Crippen LogP contribution >= 0.6 is 39.0 Å². The monoisotopic (exact) mass is 331 g/mol. The Balaban J connectivity index is 2.25. The average Bonchev–Trinajstić information content (AvgIpc) is 2.72. The second-order valence-corrected chi connectivity index (χ2v) is 6.45. The molecule has 2 rings (SSSR count). The number of nitrogen functional groups attached to an aromatic ring is 1. The fourth-order valence-electron chi connectivity index (χ4n) is 1.06. The maximum atomic E-state index is 5.87. The molecular formula is C9H10BrN5S2. The summed E-state index contributed by atoms with van der Waals surface area (Å²) in [5, 5.41) is 9.05. The minimum Gasteiger partial charge on any atom is -0.397 e. The first-order valence-corrected chi connectivity index (χ1v) is 7.08. The van der Waals surface area contributed by atoms with Gasteiger partial charge in [0, 0.05) is 20.3 Å². The first-order chi connectivity index (χ1) is 8.08. The highest BCUT2D eigenvalue weighted by Gasteiger charge is 2.12. The maximum Gasteiger partial charge on any atom is 0.208 e. The third-order valence-corrected chi connectivity index (χ3v) is 5.01. The Morgan fingerprint density at radius 1 is 1.35 bits per heavy atom. The van der Waals surface area contributed by atoms with Gasteiger partial charge in [-0.05, 0) is 15.9 Å². The van der Waals surface area contributed by atoms with Gasteiger partial charge in [-0.2, -0.15) is 0 Å². The van der Waals surface area contributed by atoms with Crippen LogP contribution in [-0.2, 0) is 0 Å². The van der Waals surface area contributed by atoms with Crippen molar-refractivity contribution in [3.05, 3.63) is 16.9 Å². The van der Waals surface area contributed by atoms with E-state index in [0.29, 0.717) is 5.69 Å². The van der Waals surface area contributed by atoms with Crippen molar-refractivity contribution in [2.75, 3.05) is 24.7 Å². The Kier molecular flexibility index (Phi) is 3.85. The van der Waals surface area contributed by atoms with Crippen LogP contribution in [0.5, 0.6) is 0 Å². The van der Waals surface area contributed by atoms with Crippen LogP contribution in [0.15, 0.2) is 26.1 Å². The zero-order valence-electron chi connectivity index (χ0n) is 9.22. The topological polar surface area (TPSA) is 67.9 Å². The van der Waals surface area contributed by atoms with E-state index in [2.05, 4.69) is 31.1 Å². The zero-order valence-corrected chi connectivity index (χ0v) is 12.4. The van der Waals surface area contributed by atoms with Crippen LogP contribution in [0.2, 0.25) is 0 Å². The van der Waals surface area contributed by atoms with Crippen molar-refractivity contribution in [1.29, 1.82) is 0 Å². The van der Waals surface area contributed by atoms with Crippen LogP contribution in [0.1, 0.15) is 0 Å². The summed E-state index contributed by atoms with van der Waals surface area (Å²) in [5.41, 5.74) is 6.50. The second-order valence-electron chi connectivity index (χ2n) is 3.39. The standard InChI is InChI=1S/C9H10BrN5S2/c1-15(2)8-13-14-9(17-8)16-7-5(10)3-12-4-6(7)11/h3-4H,11H2,1-2H3. The lowest BCUT2D eigenvalue weighted by molar-refractivity contribution is 0.972. The van der Waals surface area contributed by atoms with Crippen molar-refractivity contribution in [3.63, 3.8) is 0 Å². The summed E-state index contributed by atoms with van der Waals surface area (Å²) >= 11 is 6.43. The number of nitrogens with zero attached hydrogens (tertiary/aromatic N) is 4. The molecule has 0 radical (unpaired) electrons. The van der Waals surface area contributed by atoms with Crippen LogP contribution < -0.4 is 10.6 Å². The molecule has 0 unspecified atom stereocenters. The normalized spacial score (nSPS) is 10.5. The molecule has 2 aromatic heterocycles. The Morgan fingerprint density at radius 3 is 2.71 bits per heavy atom. The first kappa shape index (κ1) is 12.6. The van der Waals surface area contributed by atoms with Gasteiger partial charge in [-0.15, -0.1) is 10.2 Å². The maximum absolute atomic E-state index is 5.87. The van der Waals surface area contributed by atoms with Crippen LogP contribution in [0.25, 0.3) is 0 Å². The molecule has 0 bridgehead atoms. The van der Waals surface area contributed by atoms with E-state index in [0.717, 1.165) is 18.8 Å². The van der Waals surface area contributed by atoms with Gasteiger partial charge >= 0.3 is 0 Å². The van der Waals surface area contributed by atoms with Gasteiger partial charge in [-0.25, -0.2) is 0 Å². The van der Waals surface area contributed by atoms with E-state index in [-0.39, 0.29) is 0 Å². The van der Waals surface area contributed by atoms with Crippen molar-refractivity contribution < 1.29 is 0 Å². The smallest absolute Gasteiger partial charge is 0.208 e. The van der Waals surface area contributed by atoms with Gasteiger partial charge in [0.25, 0.3) is 0 Å². The van der Waals surface area contributed by atoms with Crippen LogP contribution in [0.4, 0.5) is 10.8 Å². The van der Waals surface area contributed by atoms with Crippen molar-refractivity contribution in [2.24, 2.45) is 0 Å². The molecule has 8 heteroatoms. The third-order valence-electron chi connectivity index (χ3n) is 1.85. The largest absolute Gasteiger partial charge is 0.397 e. The molecule has 0 saturated heterocycles. The summed E-state index contributed by atoms with van der Waals surface area (Å²) < 4.78 is 1.72. The predicted molar refractivity (Wildman–Crippen MR) is 74.7 cm³/mol. The van der Waals surface area contributed by atoms with Crippen molar-refractivity contribution in [3.8, 4) is 0 Å². The molecule has 0 aliphatic rings. The molecule has 0 aromatic carbocycles. The second kappa shape index (κ2) is 5.19. The molecule has 0 amide bonds. The molecule has 0 aliphatic heterocycles. The van der Waals surface area contributed by atoms with Gasteiger partial charge in [-0.1, -0.05) is 23.1 Å². The number of halogens is 1. The zero-order chi connectivity index (χ0) is 12.4. The molecule has 17 heavy (non-hydrogen) atoms. The Labute approximate surface area is 116 Å². The van der Waals surface area contributed by atoms with Gasteiger partial charge < -0.3 is 10.6 Å². The SMILES string of the molecule is CN(C)c1nnc(Sc2c(N)cncc2Br)s1.